The molecule has 1 saturated heterocycles. The molecule has 0 spiro atoms. The topological polar surface area (TPSA) is 75.4 Å². The maximum atomic E-state index is 13.3. The molecule has 6 heteroatoms. The molecule has 1 fully saturated rings. The predicted octanol–water partition coefficient (Wildman–Crippen LogP) is 3.82. The molecule has 6 nitrogen and oxygen atoms in total. The van der Waals surface area contributed by atoms with Crippen molar-refractivity contribution in [3.05, 3.63) is 77.9 Å². The molecule has 0 saturated carbocycles. The molecule has 1 aromatic carbocycles. The highest BCUT2D eigenvalue weighted by molar-refractivity contribution is 6.00. The van der Waals surface area contributed by atoms with Gasteiger partial charge in [0.25, 0.3) is 5.91 Å². The van der Waals surface area contributed by atoms with E-state index in [1.54, 1.807) is 29.5 Å². The summed E-state index contributed by atoms with van der Waals surface area (Å²) in [7, 11) is 0. The van der Waals surface area contributed by atoms with Gasteiger partial charge in [-0.2, -0.15) is 0 Å². The number of hydrogen-bond acceptors (Lipinski definition) is 4. The van der Waals surface area contributed by atoms with Gasteiger partial charge in [0.2, 0.25) is 5.91 Å². The van der Waals surface area contributed by atoms with Gasteiger partial charge in [-0.1, -0.05) is 29.8 Å². The number of amides is 2. The number of pyridine rings is 1. The number of carbonyl (C=O) groups excluding carboxylic acids is 2. The maximum absolute atomic E-state index is 13.3. The first kappa shape index (κ1) is 19.9. The van der Waals surface area contributed by atoms with Crippen molar-refractivity contribution < 1.29 is 14.0 Å². The zero-order valence-corrected chi connectivity index (χ0v) is 17.0. The van der Waals surface area contributed by atoms with E-state index in [1.165, 1.54) is 0 Å². The second-order valence-electron chi connectivity index (χ2n) is 7.65. The summed E-state index contributed by atoms with van der Waals surface area (Å²) in [5.74, 6) is 0.360. The van der Waals surface area contributed by atoms with Crippen LogP contribution in [0.1, 0.15) is 34.5 Å². The van der Waals surface area contributed by atoms with Gasteiger partial charge < -0.3 is 14.6 Å². The lowest BCUT2D eigenvalue weighted by molar-refractivity contribution is -0.126. The van der Waals surface area contributed by atoms with Crippen LogP contribution >= 0.6 is 0 Å². The van der Waals surface area contributed by atoms with Crippen molar-refractivity contribution in [2.24, 2.45) is 5.92 Å². The second kappa shape index (κ2) is 8.95. The molecule has 2 amide bonds. The van der Waals surface area contributed by atoms with E-state index in [0.29, 0.717) is 36.7 Å². The third-order valence-electron chi connectivity index (χ3n) is 5.46. The molecule has 0 aliphatic carbocycles. The average Bonchev–Trinajstić information content (AvgIpc) is 3.31. The van der Waals surface area contributed by atoms with Crippen LogP contribution in [0.25, 0.3) is 11.3 Å². The molecule has 1 atom stereocenters. The van der Waals surface area contributed by atoms with E-state index in [4.69, 9.17) is 4.42 Å². The van der Waals surface area contributed by atoms with E-state index < -0.39 is 0 Å². The number of aromatic nitrogens is 1. The first-order chi connectivity index (χ1) is 14.6. The van der Waals surface area contributed by atoms with Crippen LogP contribution in [0, 0.1) is 12.8 Å². The van der Waals surface area contributed by atoms with Crippen LogP contribution < -0.4 is 5.32 Å². The van der Waals surface area contributed by atoms with Crippen molar-refractivity contribution in [1.29, 1.82) is 0 Å². The van der Waals surface area contributed by atoms with E-state index in [0.717, 1.165) is 24.0 Å². The number of nitrogens with one attached hydrogen (secondary N) is 1. The minimum Gasteiger partial charge on any atom is -0.467 e. The Labute approximate surface area is 175 Å². The highest BCUT2D eigenvalue weighted by Gasteiger charge is 2.30. The molecule has 2 aromatic heterocycles. The molecule has 0 radical (unpaired) electrons. The third-order valence-corrected chi connectivity index (χ3v) is 5.46. The van der Waals surface area contributed by atoms with Gasteiger partial charge in [0.1, 0.15) is 5.76 Å². The summed E-state index contributed by atoms with van der Waals surface area (Å²) in [6.07, 6.45) is 4.85. The number of hydrogen-bond donors (Lipinski definition) is 1. The third kappa shape index (κ3) is 4.43. The largest absolute Gasteiger partial charge is 0.467 e. The van der Waals surface area contributed by atoms with Crippen molar-refractivity contribution >= 4 is 11.8 Å². The normalized spacial score (nSPS) is 16.3. The van der Waals surface area contributed by atoms with Gasteiger partial charge in [-0.25, -0.2) is 0 Å². The molecular weight excluding hydrogens is 378 g/mol. The van der Waals surface area contributed by atoms with Crippen LogP contribution in [0.3, 0.4) is 0 Å². The zero-order chi connectivity index (χ0) is 20.9. The molecule has 0 bridgehead atoms. The number of furan rings is 1. The van der Waals surface area contributed by atoms with Gasteiger partial charge in [0.15, 0.2) is 0 Å². The second-order valence-corrected chi connectivity index (χ2v) is 7.65. The van der Waals surface area contributed by atoms with Crippen LogP contribution in [-0.4, -0.2) is 34.8 Å². The molecule has 30 heavy (non-hydrogen) atoms. The van der Waals surface area contributed by atoms with E-state index in [-0.39, 0.29) is 17.7 Å². The van der Waals surface area contributed by atoms with Crippen LogP contribution in [0.2, 0.25) is 0 Å². The zero-order valence-electron chi connectivity index (χ0n) is 17.0. The number of nitrogens with zero attached hydrogens (tertiary/aromatic N) is 2. The lowest BCUT2D eigenvalue weighted by Gasteiger charge is -2.32. The smallest absolute Gasteiger partial charge is 0.256 e. The van der Waals surface area contributed by atoms with E-state index in [9.17, 15) is 9.59 Å². The first-order valence-corrected chi connectivity index (χ1v) is 10.2. The Hall–Kier alpha value is -3.41. The molecular formula is C24H25N3O3. The van der Waals surface area contributed by atoms with E-state index in [1.807, 2.05) is 43.3 Å². The Balaban J connectivity index is 1.47. The summed E-state index contributed by atoms with van der Waals surface area (Å²) in [6, 6.07) is 15.2. The molecule has 1 aliphatic heterocycles. The Morgan fingerprint density at radius 2 is 2.00 bits per heavy atom. The van der Waals surface area contributed by atoms with Crippen molar-refractivity contribution in [2.45, 2.75) is 26.3 Å². The lowest BCUT2D eigenvalue weighted by atomic mass is 9.95. The molecule has 1 aliphatic rings. The molecule has 3 heterocycles. The Morgan fingerprint density at radius 3 is 2.77 bits per heavy atom. The SMILES string of the molecule is Cc1ccc(-c2ncccc2C(=O)N2CCCC(C(=O)NCc3ccco3)C2)cc1. The minimum absolute atomic E-state index is 0.0474. The monoisotopic (exact) mass is 403 g/mol. The van der Waals surface area contributed by atoms with Gasteiger partial charge in [0, 0.05) is 24.8 Å². The number of likely N-dealkylation sites (tertiary alicyclic amines) is 1. The Kier molecular flexibility index (Phi) is 5.93. The minimum atomic E-state index is -0.225. The van der Waals surface area contributed by atoms with Gasteiger partial charge in [-0.3, -0.25) is 14.6 Å². The number of piperidine rings is 1. The van der Waals surface area contributed by atoms with Crippen molar-refractivity contribution in [2.75, 3.05) is 13.1 Å². The van der Waals surface area contributed by atoms with Gasteiger partial charge >= 0.3 is 0 Å². The van der Waals surface area contributed by atoms with Gasteiger partial charge in [-0.05, 0) is 44.0 Å². The summed E-state index contributed by atoms with van der Waals surface area (Å²) in [5.41, 5.74) is 3.31. The first-order valence-electron chi connectivity index (χ1n) is 10.2. The number of rotatable bonds is 5. The highest BCUT2D eigenvalue weighted by atomic mass is 16.3. The van der Waals surface area contributed by atoms with Gasteiger partial charge in [-0.15, -0.1) is 0 Å². The van der Waals surface area contributed by atoms with Crippen molar-refractivity contribution in [3.63, 3.8) is 0 Å². The fourth-order valence-corrected chi connectivity index (χ4v) is 3.80. The molecule has 154 valence electrons. The van der Waals surface area contributed by atoms with Crippen LogP contribution in [0.5, 0.6) is 0 Å². The summed E-state index contributed by atoms with van der Waals surface area (Å²) in [5, 5.41) is 2.91. The van der Waals surface area contributed by atoms with Crippen LogP contribution in [0.15, 0.2) is 65.4 Å². The molecule has 1 unspecified atom stereocenters. The molecule has 4 rings (SSSR count). The molecule has 3 aromatic rings. The van der Waals surface area contributed by atoms with E-state index >= 15 is 0 Å². The fraction of sp³-hybridized carbons (Fsp3) is 0.292. The molecule has 1 N–H and O–H groups in total. The summed E-state index contributed by atoms with van der Waals surface area (Å²) >= 11 is 0. The Bertz CT molecular complexity index is 1010. The summed E-state index contributed by atoms with van der Waals surface area (Å²) in [6.45, 7) is 3.43. The Morgan fingerprint density at radius 1 is 1.17 bits per heavy atom. The number of carbonyl (C=O) groups is 2. The predicted molar refractivity (Wildman–Crippen MR) is 114 cm³/mol. The van der Waals surface area contributed by atoms with Crippen molar-refractivity contribution in [1.82, 2.24) is 15.2 Å². The number of benzene rings is 1. The number of aryl methyl sites for hydroxylation is 1. The van der Waals surface area contributed by atoms with Crippen molar-refractivity contribution in [3.8, 4) is 11.3 Å². The summed E-state index contributed by atoms with van der Waals surface area (Å²) in [4.78, 5) is 32.2. The highest BCUT2D eigenvalue weighted by Crippen LogP contribution is 2.25. The fourth-order valence-electron chi connectivity index (χ4n) is 3.80. The maximum Gasteiger partial charge on any atom is 0.256 e. The van der Waals surface area contributed by atoms with Crippen LogP contribution in [0.4, 0.5) is 0 Å². The quantitative estimate of drug-likeness (QED) is 0.703. The summed E-state index contributed by atoms with van der Waals surface area (Å²) < 4.78 is 5.26. The lowest BCUT2D eigenvalue weighted by Crippen LogP contribution is -2.45. The standard InChI is InChI=1S/C24H25N3O3/c1-17-8-10-18(11-9-17)22-21(7-2-12-25-22)24(29)27-13-3-5-19(16-27)23(28)26-15-20-6-4-14-30-20/h2,4,6-12,14,19H,3,5,13,15-16H2,1H3,(H,26,28). The van der Waals surface area contributed by atoms with E-state index in [2.05, 4.69) is 10.3 Å². The van der Waals surface area contributed by atoms with Crippen LogP contribution in [-0.2, 0) is 11.3 Å². The van der Waals surface area contributed by atoms with Gasteiger partial charge in [0.05, 0.1) is 30.0 Å². The average molecular weight is 403 g/mol.